The Morgan fingerprint density at radius 2 is 1.85 bits per heavy atom. The van der Waals surface area contributed by atoms with Crippen molar-refractivity contribution in [1.29, 1.82) is 0 Å². The lowest BCUT2D eigenvalue weighted by Crippen LogP contribution is -2.92. The topological polar surface area (TPSA) is 78.7 Å². The monoisotopic (exact) mass is 351 g/mol. The third-order valence-corrected chi connectivity index (χ3v) is 4.98. The Morgan fingerprint density at radius 3 is 2.50 bits per heavy atom. The summed E-state index contributed by atoms with van der Waals surface area (Å²) in [6.45, 7) is 2.61. The molecule has 26 heavy (non-hydrogen) atoms. The molecule has 5 nitrogen and oxygen atoms in total. The number of nitrogens with zero attached hydrogens (tertiary/aromatic N) is 1. The molecule has 2 aromatic carbocycles. The van der Waals surface area contributed by atoms with Crippen molar-refractivity contribution in [2.24, 2.45) is 5.73 Å². The number of nitrogens with one attached hydrogen (secondary N) is 1. The van der Waals surface area contributed by atoms with E-state index in [1.54, 1.807) is 0 Å². The number of nitrogens with two attached hydrogens (primary N) is 2. The summed E-state index contributed by atoms with van der Waals surface area (Å²) in [6, 6.07) is 16.7. The summed E-state index contributed by atoms with van der Waals surface area (Å²) in [7, 11) is 4.07. The van der Waals surface area contributed by atoms with Crippen LogP contribution in [0.25, 0.3) is 10.9 Å². The van der Waals surface area contributed by atoms with E-state index in [1.165, 1.54) is 22.2 Å². The zero-order valence-corrected chi connectivity index (χ0v) is 15.6. The van der Waals surface area contributed by atoms with Gasteiger partial charge in [-0.05, 0) is 36.2 Å². The highest BCUT2D eigenvalue weighted by atomic mass is 16.1. The summed E-state index contributed by atoms with van der Waals surface area (Å²) in [5, 5.41) is 3.24. The first-order valence-corrected chi connectivity index (χ1v) is 8.93. The predicted molar refractivity (Wildman–Crippen MR) is 106 cm³/mol. The van der Waals surface area contributed by atoms with Crippen molar-refractivity contribution in [3.8, 4) is 0 Å². The summed E-state index contributed by atoms with van der Waals surface area (Å²) >= 11 is 0. The van der Waals surface area contributed by atoms with E-state index < -0.39 is 0 Å². The van der Waals surface area contributed by atoms with Gasteiger partial charge in [-0.3, -0.25) is 4.79 Å². The molecule has 0 aliphatic carbocycles. The minimum Gasteiger partial charge on any atom is -0.378 e. The molecule has 0 fully saturated rings. The Morgan fingerprint density at radius 1 is 1.15 bits per heavy atom. The van der Waals surface area contributed by atoms with Gasteiger partial charge in [0.05, 0.1) is 12.5 Å². The second-order valence-electron chi connectivity index (χ2n) is 6.99. The third kappa shape index (κ3) is 3.73. The minimum absolute atomic E-state index is 0.171. The first kappa shape index (κ1) is 18.0. The number of aromatic amines is 1. The molecule has 3 aromatic rings. The summed E-state index contributed by atoms with van der Waals surface area (Å²) in [6.07, 6.45) is 2.08. The van der Waals surface area contributed by atoms with Crippen LogP contribution in [0, 0.1) is 0 Å². The molecular weight excluding hydrogens is 324 g/mol. The Labute approximate surface area is 154 Å². The number of fused-ring (bicyclic) bond motifs is 1. The lowest BCUT2D eigenvalue weighted by molar-refractivity contribution is -0.674. The van der Waals surface area contributed by atoms with Crippen molar-refractivity contribution < 1.29 is 10.1 Å². The number of primary amides is 1. The van der Waals surface area contributed by atoms with Gasteiger partial charge in [-0.1, -0.05) is 30.3 Å². The van der Waals surface area contributed by atoms with Crippen LogP contribution < -0.4 is 16.0 Å². The van der Waals surface area contributed by atoms with Gasteiger partial charge in [-0.2, -0.15) is 0 Å². The lowest BCUT2D eigenvalue weighted by atomic mass is 9.90. The van der Waals surface area contributed by atoms with E-state index in [4.69, 9.17) is 5.73 Å². The number of H-pyrrole nitrogens is 1. The highest BCUT2D eigenvalue weighted by molar-refractivity contribution is 5.84. The number of aromatic nitrogens is 1. The number of hydrogen-bond donors (Lipinski definition) is 3. The van der Waals surface area contributed by atoms with Crippen molar-refractivity contribution >= 4 is 22.5 Å². The van der Waals surface area contributed by atoms with Crippen LogP contribution in [0.1, 0.15) is 24.0 Å². The van der Waals surface area contributed by atoms with Crippen LogP contribution in [-0.2, 0) is 4.79 Å². The molecule has 1 aromatic heterocycles. The van der Waals surface area contributed by atoms with Crippen molar-refractivity contribution in [3.05, 3.63) is 65.9 Å². The van der Waals surface area contributed by atoms with Gasteiger partial charge in [0.25, 0.3) is 5.91 Å². The molecule has 5 heteroatoms. The number of anilines is 1. The van der Waals surface area contributed by atoms with E-state index in [-0.39, 0.29) is 17.9 Å². The largest absolute Gasteiger partial charge is 0.378 e. The van der Waals surface area contributed by atoms with Gasteiger partial charge in [0.1, 0.15) is 0 Å². The maximum absolute atomic E-state index is 11.4. The van der Waals surface area contributed by atoms with Crippen molar-refractivity contribution in [2.45, 2.75) is 18.9 Å². The third-order valence-electron chi connectivity index (χ3n) is 4.98. The molecule has 0 bridgehead atoms. The molecule has 0 radical (unpaired) electrons. The van der Waals surface area contributed by atoms with E-state index in [0.29, 0.717) is 0 Å². The first-order valence-electron chi connectivity index (χ1n) is 8.93. The van der Waals surface area contributed by atoms with E-state index in [9.17, 15) is 4.79 Å². The van der Waals surface area contributed by atoms with E-state index in [2.05, 4.69) is 58.5 Å². The quantitative estimate of drug-likeness (QED) is 0.607. The smallest absolute Gasteiger partial charge is 0.275 e. The summed E-state index contributed by atoms with van der Waals surface area (Å²) in [5.41, 5.74) is 10.2. The second-order valence-corrected chi connectivity index (χ2v) is 6.99. The summed E-state index contributed by atoms with van der Waals surface area (Å²) in [4.78, 5) is 16.9. The van der Waals surface area contributed by atoms with Gasteiger partial charge in [0.2, 0.25) is 0 Å². The van der Waals surface area contributed by atoms with Crippen LogP contribution in [0.3, 0.4) is 0 Å². The maximum Gasteiger partial charge on any atom is 0.275 e. The van der Waals surface area contributed by atoms with Gasteiger partial charge in [-0.15, -0.1) is 0 Å². The molecule has 0 saturated heterocycles. The standard InChI is InChI=1S/C21H26N4O/c1-14(21(22)26)23-12-18(15-8-10-16(11-9-15)25(2)3)19-13-24-20-7-5-4-6-17(19)20/h4-11,13-14,18,23-24H,12H2,1-3H3,(H2,22,26)/p+1/t14-,18+/m0/s1. The molecule has 0 aliphatic rings. The van der Waals surface area contributed by atoms with Crippen molar-refractivity contribution in [3.63, 3.8) is 0 Å². The number of carbonyl (C=O) groups excluding carboxylic acids is 1. The average Bonchev–Trinajstić information content (AvgIpc) is 3.06. The predicted octanol–water partition coefficient (Wildman–Crippen LogP) is 1.80. The van der Waals surface area contributed by atoms with E-state index in [1.807, 2.05) is 32.4 Å². The number of hydrogen-bond acceptors (Lipinski definition) is 2. The van der Waals surface area contributed by atoms with Crippen molar-refractivity contribution in [1.82, 2.24) is 4.98 Å². The van der Waals surface area contributed by atoms with Crippen LogP contribution in [-0.4, -0.2) is 37.6 Å². The van der Waals surface area contributed by atoms with Crippen LogP contribution in [0.4, 0.5) is 5.69 Å². The SMILES string of the molecule is C[C@H]([NH2+]C[C@H](c1ccc(N(C)C)cc1)c1c[nH]c2ccccc12)C(N)=O. The number of benzene rings is 2. The molecule has 1 amide bonds. The fourth-order valence-electron chi connectivity index (χ4n) is 3.29. The second kappa shape index (κ2) is 7.62. The van der Waals surface area contributed by atoms with Crippen molar-refractivity contribution in [2.75, 3.05) is 25.5 Å². The zero-order chi connectivity index (χ0) is 18.7. The number of quaternary nitrogens is 1. The number of para-hydroxylation sites is 1. The zero-order valence-electron chi connectivity index (χ0n) is 15.6. The number of amides is 1. The average molecular weight is 351 g/mol. The lowest BCUT2D eigenvalue weighted by Gasteiger charge is -2.19. The van der Waals surface area contributed by atoms with Crippen LogP contribution in [0.15, 0.2) is 54.7 Å². The molecule has 2 atom stereocenters. The van der Waals surface area contributed by atoms with Gasteiger partial charge >= 0.3 is 0 Å². The van der Waals surface area contributed by atoms with Crippen LogP contribution >= 0.6 is 0 Å². The summed E-state index contributed by atoms with van der Waals surface area (Å²) in [5.74, 6) is -0.116. The molecule has 0 spiro atoms. The highest BCUT2D eigenvalue weighted by Gasteiger charge is 2.22. The normalized spacial score (nSPS) is 13.5. The Kier molecular flexibility index (Phi) is 5.28. The van der Waals surface area contributed by atoms with Gasteiger partial charge in [0, 0.05) is 36.9 Å². The van der Waals surface area contributed by atoms with Gasteiger partial charge in [-0.25, -0.2) is 0 Å². The maximum atomic E-state index is 11.4. The van der Waals surface area contributed by atoms with E-state index >= 15 is 0 Å². The molecule has 0 saturated carbocycles. The van der Waals surface area contributed by atoms with Gasteiger partial charge in [0.15, 0.2) is 6.04 Å². The Balaban J connectivity index is 1.97. The van der Waals surface area contributed by atoms with Gasteiger partial charge < -0.3 is 20.9 Å². The first-order chi connectivity index (χ1) is 12.5. The molecule has 5 N–H and O–H groups in total. The molecular formula is C21H27N4O+. The Bertz CT molecular complexity index is 882. The number of carbonyl (C=O) groups is 1. The Hall–Kier alpha value is -2.79. The van der Waals surface area contributed by atoms with Crippen LogP contribution in [0.5, 0.6) is 0 Å². The fraction of sp³-hybridized carbons (Fsp3) is 0.286. The molecule has 0 aliphatic heterocycles. The van der Waals surface area contributed by atoms with Crippen LogP contribution in [0.2, 0.25) is 0 Å². The summed E-state index contributed by atoms with van der Waals surface area (Å²) < 4.78 is 0. The molecule has 3 rings (SSSR count). The number of rotatable bonds is 7. The van der Waals surface area contributed by atoms with E-state index in [0.717, 1.165) is 12.1 Å². The molecule has 1 heterocycles. The highest BCUT2D eigenvalue weighted by Crippen LogP contribution is 2.30. The molecule has 136 valence electrons. The minimum atomic E-state index is -0.286. The molecule has 0 unspecified atom stereocenters. The fourth-order valence-corrected chi connectivity index (χ4v) is 3.29.